The van der Waals surface area contributed by atoms with E-state index >= 15 is 0 Å². The second-order valence-electron chi connectivity index (χ2n) is 9.86. The maximum Gasteiger partial charge on any atom is 0.251 e. The quantitative estimate of drug-likeness (QED) is 0.342. The Morgan fingerprint density at radius 3 is 2.17 bits per heavy atom. The number of H-pyrrole nitrogens is 1. The van der Waals surface area contributed by atoms with Crippen LogP contribution in [0, 0.1) is 17.8 Å². The van der Waals surface area contributed by atoms with Gasteiger partial charge in [-0.3, -0.25) is 14.7 Å². The smallest absolute Gasteiger partial charge is 0.251 e. The van der Waals surface area contributed by atoms with Gasteiger partial charge in [0.15, 0.2) is 0 Å². The minimum atomic E-state index is -0.218. The van der Waals surface area contributed by atoms with Crippen molar-refractivity contribution in [1.82, 2.24) is 15.5 Å². The highest BCUT2D eigenvalue weighted by molar-refractivity contribution is 5.97. The first kappa shape index (κ1) is 22.3. The zero-order valence-electron chi connectivity index (χ0n) is 19.9. The summed E-state index contributed by atoms with van der Waals surface area (Å²) in [4.78, 5) is 26.5. The zero-order valence-corrected chi connectivity index (χ0v) is 19.9. The lowest BCUT2D eigenvalue weighted by atomic mass is 9.83. The number of nitrogens with zero attached hydrogens (tertiary/aromatic N) is 1. The van der Waals surface area contributed by atoms with Gasteiger partial charge in [-0.05, 0) is 72.1 Å². The fourth-order valence-electron chi connectivity index (χ4n) is 5.94. The van der Waals surface area contributed by atoms with Crippen LogP contribution in [-0.2, 0) is 4.79 Å². The molecule has 2 aliphatic carbocycles. The van der Waals surface area contributed by atoms with E-state index in [-0.39, 0.29) is 23.8 Å². The fraction of sp³-hybridized carbons (Fsp3) is 0.233. The molecule has 4 aromatic rings. The number of rotatable bonds is 6. The SMILES string of the molecule is O=C(N[C@@H]1[C@H]2CC[C@H](C2)[C@H]1C(=O)Nc1ccc(-c2cn[nH]c2)cc1)c1ccc(-c2ccccc2)cc1. The van der Waals surface area contributed by atoms with Gasteiger partial charge in [-0.25, -0.2) is 0 Å². The Morgan fingerprint density at radius 1 is 0.778 bits per heavy atom. The van der Waals surface area contributed by atoms with Crippen molar-refractivity contribution in [2.45, 2.75) is 25.3 Å². The number of benzene rings is 3. The van der Waals surface area contributed by atoms with Crippen LogP contribution >= 0.6 is 0 Å². The normalized spacial score (nSPS) is 22.3. The van der Waals surface area contributed by atoms with E-state index in [0.29, 0.717) is 17.4 Å². The standard InChI is InChI=1S/C30H28N4O2/c35-29(22-8-6-20(7-9-22)19-4-2-1-3-5-19)34-28-24-11-10-23(16-24)27(28)30(36)33-26-14-12-21(13-15-26)25-17-31-32-18-25/h1-9,12-15,17-18,23-24,27-28H,10-11,16H2,(H,31,32)(H,33,36)(H,34,35)/t23-,24+,27-,28-/m1/s1. The molecule has 2 amide bonds. The molecule has 1 heterocycles. The first-order valence-corrected chi connectivity index (χ1v) is 12.5. The van der Waals surface area contributed by atoms with Crippen molar-refractivity contribution >= 4 is 17.5 Å². The van der Waals surface area contributed by atoms with Gasteiger partial charge in [0.2, 0.25) is 5.91 Å². The molecule has 6 rings (SSSR count). The molecule has 3 aromatic carbocycles. The van der Waals surface area contributed by atoms with Crippen molar-refractivity contribution in [3.8, 4) is 22.3 Å². The van der Waals surface area contributed by atoms with E-state index in [4.69, 9.17) is 0 Å². The number of aromatic amines is 1. The first-order chi connectivity index (χ1) is 17.7. The molecule has 36 heavy (non-hydrogen) atoms. The predicted molar refractivity (Wildman–Crippen MR) is 140 cm³/mol. The van der Waals surface area contributed by atoms with Crippen molar-refractivity contribution in [2.24, 2.45) is 17.8 Å². The van der Waals surface area contributed by atoms with Gasteiger partial charge in [-0.2, -0.15) is 5.10 Å². The summed E-state index contributed by atoms with van der Waals surface area (Å²) in [6, 6.07) is 25.4. The third-order valence-corrected chi connectivity index (χ3v) is 7.76. The molecule has 2 aliphatic rings. The van der Waals surface area contributed by atoms with Crippen LogP contribution in [0.15, 0.2) is 91.3 Å². The second-order valence-corrected chi connectivity index (χ2v) is 9.86. The number of hydrogen-bond donors (Lipinski definition) is 3. The summed E-state index contributed by atoms with van der Waals surface area (Å²) in [5.74, 6) is 0.315. The van der Waals surface area contributed by atoms with Crippen LogP contribution in [-0.4, -0.2) is 28.1 Å². The van der Waals surface area contributed by atoms with Gasteiger partial charge in [-0.15, -0.1) is 0 Å². The summed E-state index contributed by atoms with van der Waals surface area (Å²) in [5, 5.41) is 13.1. The molecule has 0 radical (unpaired) electrons. The highest BCUT2D eigenvalue weighted by Gasteiger charge is 2.51. The van der Waals surface area contributed by atoms with E-state index in [1.807, 2.05) is 72.9 Å². The van der Waals surface area contributed by atoms with Gasteiger partial charge in [0.05, 0.1) is 12.1 Å². The van der Waals surface area contributed by atoms with E-state index in [2.05, 4.69) is 33.0 Å². The molecule has 6 nitrogen and oxygen atoms in total. The largest absolute Gasteiger partial charge is 0.348 e. The van der Waals surface area contributed by atoms with Gasteiger partial charge in [0.1, 0.15) is 0 Å². The van der Waals surface area contributed by atoms with E-state index in [0.717, 1.165) is 47.2 Å². The van der Waals surface area contributed by atoms with Gasteiger partial charge >= 0.3 is 0 Å². The van der Waals surface area contributed by atoms with Gasteiger partial charge in [-0.1, -0.05) is 54.6 Å². The van der Waals surface area contributed by atoms with E-state index in [1.165, 1.54) is 0 Å². The number of aromatic nitrogens is 2. The lowest BCUT2D eigenvalue weighted by Gasteiger charge is -2.31. The number of anilines is 1. The molecule has 0 saturated heterocycles. The number of fused-ring (bicyclic) bond motifs is 2. The molecule has 2 fully saturated rings. The Bertz CT molecular complexity index is 1350. The number of nitrogens with one attached hydrogen (secondary N) is 3. The number of carbonyl (C=O) groups excluding carboxylic acids is 2. The van der Waals surface area contributed by atoms with Crippen molar-refractivity contribution in [3.05, 3.63) is 96.8 Å². The number of carbonyl (C=O) groups is 2. The average molecular weight is 477 g/mol. The Kier molecular flexibility index (Phi) is 5.85. The zero-order chi connectivity index (χ0) is 24.5. The van der Waals surface area contributed by atoms with Crippen molar-refractivity contribution in [1.29, 1.82) is 0 Å². The van der Waals surface area contributed by atoms with Crippen molar-refractivity contribution in [3.63, 3.8) is 0 Å². The Labute approximate surface area is 210 Å². The van der Waals surface area contributed by atoms with Crippen LogP contribution in [0.1, 0.15) is 29.6 Å². The van der Waals surface area contributed by atoms with E-state index < -0.39 is 0 Å². The molecule has 1 aromatic heterocycles. The summed E-state index contributed by atoms with van der Waals surface area (Å²) < 4.78 is 0. The summed E-state index contributed by atoms with van der Waals surface area (Å²) in [6.45, 7) is 0. The van der Waals surface area contributed by atoms with Crippen LogP contribution in [0.5, 0.6) is 0 Å². The lowest BCUT2D eigenvalue weighted by Crippen LogP contribution is -2.48. The molecule has 6 heteroatoms. The van der Waals surface area contributed by atoms with E-state index in [1.54, 1.807) is 6.20 Å². The van der Waals surface area contributed by atoms with Crippen LogP contribution in [0.2, 0.25) is 0 Å². The number of hydrogen-bond acceptors (Lipinski definition) is 3. The monoisotopic (exact) mass is 476 g/mol. The topological polar surface area (TPSA) is 86.9 Å². The highest BCUT2D eigenvalue weighted by atomic mass is 16.2. The molecular weight excluding hydrogens is 448 g/mol. The van der Waals surface area contributed by atoms with Crippen molar-refractivity contribution < 1.29 is 9.59 Å². The molecule has 2 saturated carbocycles. The molecule has 0 unspecified atom stereocenters. The molecule has 3 N–H and O–H groups in total. The molecular formula is C30H28N4O2. The lowest BCUT2D eigenvalue weighted by molar-refractivity contribution is -0.122. The third-order valence-electron chi connectivity index (χ3n) is 7.76. The Morgan fingerprint density at radius 2 is 1.44 bits per heavy atom. The average Bonchev–Trinajstić information content (AvgIpc) is 3.68. The summed E-state index contributed by atoms with van der Waals surface area (Å²) >= 11 is 0. The van der Waals surface area contributed by atoms with Gasteiger partial charge < -0.3 is 10.6 Å². The third kappa shape index (κ3) is 4.31. The molecule has 180 valence electrons. The summed E-state index contributed by atoms with van der Waals surface area (Å²) in [5.41, 5.74) is 5.60. The van der Waals surface area contributed by atoms with Crippen molar-refractivity contribution in [2.75, 3.05) is 5.32 Å². The highest BCUT2D eigenvalue weighted by Crippen LogP contribution is 2.49. The maximum atomic E-state index is 13.4. The second kappa shape index (κ2) is 9.46. The van der Waals surface area contributed by atoms with E-state index in [9.17, 15) is 9.59 Å². The Hall–Kier alpha value is -4.19. The minimum absolute atomic E-state index is 0.0111. The van der Waals surface area contributed by atoms with Crippen LogP contribution in [0.3, 0.4) is 0 Å². The van der Waals surface area contributed by atoms with Gasteiger partial charge in [0.25, 0.3) is 5.91 Å². The van der Waals surface area contributed by atoms with Crippen LogP contribution < -0.4 is 10.6 Å². The van der Waals surface area contributed by atoms with Crippen LogP contribution in [0.25, 0.3) is 22.3 Å². The molecule has 4 atom stereocenters. The Balaban J connectivity index is 1.14. The first-order valence-electron chi connectivity index (χ1n) is 12.5. The molecule has 0 aliphatic heterocycles. The number of amides is 2. The molecule has 0 spiro atoms. The summed E-state index contributed by atoms with van der Waals surface area (Å²) in [6.07, 6.45) is 6.71. The molecule has 2 bridgehead atoms. The summed E-state index contributed by atoms with van der Waals surface area (Å²) in [7, 11) is 0. The van der Waals surface area contributed by atoms with Crippen LogP contribution in [0.4, 0.5) is 5.69 Å². The minimum Gasteiger partial charge on any atom is -0.348 e. The fourth-order valence-corrected chi connectivity index (χ4v) is 5.94. The predicted octanol–water partition coefficient (Wildman–Crippen LogP) is 5.53. The van der Waals surface area contributed by atoms with Gasteiger partial charge in [0, 0.05) is 29.1 Å². The maximum absolute atomic E-state index is 13.4.